The average Bonchev–Trinajstić information content (AvgIpc) is 2.74. The average molecular weight is 391 g/mol. The molecule has 0 fully saturated rings. The Kier molecular flexibility index (Phi) is 6.34. The van der Waals surface area contributed by atoms with E-state index in [0.717, 1.165) is 17.9 Å². The number of carbonyl (C=O) groups excluding carboxylic acids is 1. The van der Waals surface area contributed by atoms with Crippen molar-refractivity contribution in [2.24, 2.45) is 0 Å². The lowest BCUT2D eigenvalue weighted by molar-refractivity contribution is 0.102. The molecule has 3 rings (SSSR count). The van der Waals surface area contributed by atoms with Crippen molar-refractivity contribution in [1.29, 1.82) is 0 Å². The Balaban J connectivity index is 1.80. The van der Waals surface area contributed by atoms with Gasteiger partial charge in [0.25, 0.3) is 5.91 Å². The summed E-state index contributed by atoms with van der Waals surface area (Å²) in [5.41, 5.74) is 4.05. The van der Waals surface area contributed by atoms with E-state index in [1.807, 2.05) is 12.1 Å². The number of benzene rings is 2. The van der Waals surface area contributed by atoms with Gasteiger partial charge in [0.2, 0.25) is 0 Å². The number of hydrogen-bond acceptors (Lipinski definition) is 5. The Morgan fingerprint density at radius 3 is 2.48 bits per heavy atom. The lowest BCUT2D eigenvalue weighted by Crippen LogP contribution is -2.18. The minimum atomic E-state index is -0.318. The molecule has 0 aliphatic rings. The van der Waals surface area contributed by atoms with E-state index in [2.05, 4.69) is 47.2 Å². The number of hydrogen-bond donors (Lipinski definition) is 1. The minimum Gasteiger partial charge on any atom is -0.497 e. The van der Waals surface area contributed by atoms with Crippen molar-refractivity contribution in [3.05, 3.63) is 72.1 Å². The number of carbonyl (C=O) groups is 1. The quantitative estimate of drug-likeness (QED) is 0.626. The summed E-state index contributed by atoms with van der Waals surface area (Å²) in [5, 5.41) is 2.83. The second-order valence-electron chi connectivity index (χ2n) is 6.51. The summed E-state index contributed by atoms with van der Waals surface area (Å²) in [4.78, 5) is 19.2. The number of methoxy groups -OCH3 is 2. The van der Waals surface area contributed by atoms with Gasteiger partial charge in [0.15, 0.2) is 0 Å². The monoisotopic (exact) mass is 391 g/mol. The number of amides is 1. The first-order valence-corrected chi connectivity index (χ1v) is 9.39. The molecule has 0 aliphatic heterocycles. The van der Waals surface area contributed by atoms with Crippen molar-refractivity contribution >= 4 is 23.0 Å². The van der Waals surface area contributed by atoms with Crippen LogP contribution >= 0.6 is 0 Å². The summed E-state index contributed by atoms with van der Waals surface area (Å²) in [6.45, 7) is 4.94. The molecule has 29 heavy (non-hydrogen) atoms. The number of aromatic nitrogens is 1. The molecule has 2 aromatic carbocycles. The molecule has 0 saturated heterocycles. The number of rotatable bonds is 7. The SMILES string of the molecule is CCN(c1ccc(C(=O)Nc2cc(OC)ccc2OC)nc1)c1cccc(C)c1. The van der Waals surface area contributed by atoms with E-state index in [-0.39, 0.29) is 5.91 Å². The van der Waals surface area contributed by atoms with Crippen LogP contribution < -0.4 is 19.7 Å². The topological polar surface area (TPSA) is 63.7 Å². The van der Waals surface area contributed by atoms with Crippen molar-refractivity contribution in [2.75, 3.05) is 31.0 Å². The molecule has 0 atom stereocenters. The van der Waals surface area contributed by atoms with Crippen molar-refractivity contribution < 1.29 is 14.3 Å². The Bertz CT molecular complexity index is 987. The standard InChI is InChI=1S/C23H25N3O3/c1-5-26(17-8-6-7-16(2)13-17)18-9-11-20(24-15-18)23(27)25-21-14-19(28-3)10-12-22(21)29-4/h6-15H,5H2,1-4H3,(H,25,27). The summed E-state index contributed by atoms with van der Waals surface area (Å²) in [5.74, 6) is 0.857. The predicted octanol–water partition coefficient (Wildman–Crippen LogP) is 4.82. The van der Waals surface area contributed by atoms with Crippen molar-refractivity contribution in [2.45, 2.75) is 13.8 Å². The molecule has 150 valence electrons. The normalized spacial score (nSPS) is 10.3. The first-order valence-electron chi connectivity index (χ1n) is 9.39. The second kappa shape index (κ2) is 9.10. The third kappa shape index (κ3) is 4.66. The van der Waals surface area contributed by atoms with Gasteiger partial charge in [-0.15, -0.1) is 0 Å². The van der Waals surface area contributed by atoms with Crippen LogP contribution in [0.25, 0.3) is 0 Å². The van der Waals surface area contributed by atoms with Crippen LogP contribution in [0.3, 0.4) is 0 Å². The molecule has 0 spiro atoms. The summed E-state index contributed by atoms with van der Waals surface area (Å²) < 4.78 is 10.5. The summed E-state index contributed by atoms with van der Waals surface area (Å²) >= 11 is 0. The highest BCUT2D eigenvalue weighted by molar-refractivity contribution is 6.04. The lowest BCUT2D eigenvalue weighted by atomic mass is 10.2. The number of anilines is 3. The summed E-state index contributed by atoms with van der Waals surface area (Å²) in [6, 6.07) is 17.1. The maximum Gasteiger partial charge on any atom is 0.274 e. The number of nitrogens with zero attached hydrogens (tertiary/aromatic N) is 2. The number of nitrogens with one attached hydrogen (secondary N) is 1. The molecule has 6 nitrogen and oxygen atoms in total. The van der Waals surface area contributed by atoms with Gasteiger partial charge in [-0.1, -0.05) is 12.1 Å². The third-order valence-electron chi connectivity index (χ3n) is 4.58. The lowest BCUT2D eigenvalue weighted by Gasteiger charge is -2.23. The molecule has 0 bridgehead atoms. The maximum atomic E-state index is 12.7. The first kappa shape index (κ1) is 20.2. The minimum absolute atomic E-state index is 0.318. The van der Waals surface area contributed by atoms with Crippen LogP contribution in [-0.2, 0) is 0 Å². The van der Waals surface area contributed by atoms with E-state index in [0.29, 0.717) is 22.9 Å². The van der Waals surface area contributed by atoms with Gasteiger partial charge >= 0.3 is 0 Å². The van der Waals surface area contributed by atoms with Gasteiger partial charge in [0.1, 0.15) is 17.2 Å². The molecule has 1 amide bonds. The zero-order valence-electron chi connectivity index (χ0n) is 17.1. The van der Waals surface area contributed by atoms with Crippen LogP contribution in [0.2, 0.25) is 0 Å². The van der Waals surface area contributed by atoms with Gasteiger partial charge in [-0.25, -0.2) is 4.98 Å². The second-order valence-corrected chi connectivity index (χ2v) is 6.51. The summed E-state index contributed by atoms with van der Waals surface area (Å²) in [6.07, 6.45) is 1.71. The zero-order valence-corrected chi connectivity index (χ0v) is 17.1. The zero-order chi connectivity index (χ0) is 20.8. The fourth-order valence-electron chi connectivity index (χ4n) is 3.09. The van der Waals surface area contributed by atoms with E-state index in [4.69, 9.17) is 9.47 Å². The van der Waals surface area contributed by atoms with E-state index >= 15 is 0 Å². The molecule has 1 N–H and O–H groups in total. The van der Waals surface area contributed by atoms with Crippen molar-refractivity contribution in [3.8, 4) is 11.5 Å². The van der Waals surface area contributed by atoms with E-state index in [9.17, 15) is 4.79 Å². The predicted molar refractivity (Wildman–Crippen MR) is 116 cm³/mol. The molecule has 0 radical (unpaired) electrons. The first-order chi connectivity index (χ1) is 14.0. The molecule has 0 aliphatic carbocycles. The van der Waals surface area contributed by atoms with Crippen LogP contribution in [0.4, 0.5) is 17.1 Å². The molecule has 3 aromatic rings. The molecule has 1 heterocycles. The fraction of sp³-hybridized carbons (Fsp3) is 0.217. The number of pyridine rings is 1. The van der Waals surface area contributed by atoms with Gasteiger partial charge in [-0.2, -0.15) is 0 Å². The summed E-state index contributed by atoms with van der Waals surface area (Å²) in [7, 11) is 3.12. The Morgan fingerprint density at radius 2 is 1.86 bits per heavy atom. The van der Waals surface area contributed by atoms with Crippen molar-refractivity contribution in [3.63, 3.8) is 0 Å². The molecule has 6 heteroatoms. The molecular weight excluding hydrogens is 366 g/mol. The smallest absolute Gasteiger partial charge is 0.274 e. The van der Waals surface area contributed by atoms with Gasteiger partial charge < -0.3 is 19.7 Å². The Labute approximate surface area is 171 Å². The van der Waals surface area contributed by atoms with E-state index < -0.39 is 0 Å². The maximum absolute atomic E-state index is 12.7. The highest BCUT2D eigenvalue weighted by atomic mass is 16.5. The van der Waals surface area contributed by atoms with Gasteiger partial charge in [-0.3, -0.25) is 4.79 Å². The van der Waals surface area contributed by atoms with E-state index in [1.165, 1.54) is 5.56 Å². The van der Waals surface area contributed by atoms with Gasteiger partial charge in [-0.05, 0) is 55.8 Å². The highest BCUT2D eigenvalue weighted by Crippen LogP contribution is 2.29. The molecule has 0 unspecified atom stereocenters. The largest absolute Gasteiger partial charge is 0.497 e. The van der Waals surface area contributed by atoms with Crippen LogP contribution in [0.1, 0.15) is 23.0 Å². The van der Waals surface area contributed by atoms with Crippen LogP contribution in [0.5, 0.6) is 11.5 Å². The Hall–Kier alpha value is -3.54. The highest BCUT2D eigenvalue weighted by Gasteiger charge is 2.14. The van der Waals surface area contributed by atoms with Gasteiger partial charge in [0.05, 0.1) is 31.8 Å². The molecule has 0 saturated carbocycles. The van der Waals surface area contributed by atoms with Crippen LogP contribution in [-0.4, -0.2) is 31.7 Å². The van der Waals surface area contributed by atoms with Gasteiger partial charge in [0, 0.05) is 18.3 Å². The number of aryl methyl sites for hydroxylation is 1. The van der Waals surface area contributed by atoms with E-state index in [1.54, 1.807) is 44.7 Å². The fourth-order valence-corrected chi connectivity index (χ4v) is 3.09. The molecule has 1 aromatic heterocycles. The van der Waals surface area contributed by atoms with Crippen LogP contribution in [0.15, 0.2) is 60.8 Å². The number of ether oxygens (including phenoxy) is 2. The van der Waals surface area contributed by atoms with Crippen LogP contribution in [0, 0.1) is 6.92 Å². The molecular formula is C23H25N3O3. The Morgan fingerprint density at radius 1 is 1.03 bits per heavy atom. The third-order valence-corrected chi connectivity index (χ3v) is 4.58. The van der Waals surface area contributed by atoms with Crippen molar-refractivity contribution in [1.82, 2.24) is 4.98 Å².